The smallest absolute Gasteiger partial charge is 0.203 e. The number of benzene rings is 2. The van der Waals surface area contributed by atoms with Crippen molar-refractivity contribution in [3.05, 3.63) is 41.0 Å². The molecular weight excluding hydrogens is 465 g/mol. The molecular formula is C25H35Cl2NO5. The summed E-state index contributed by atoms with van der Waals surface area (Å²) < 4.78 is 28.8. The molecule has 0 saturated carbocycles. The van der Waals surface area contributed by atoms with Gasteiger partial charge in [-0.25, -0.2) is 0 Å². The number of ether oxygens (including phenoxy) is 5. The number of alkyl halides is 1. The predicted octanol–water partition coefficient (Wildman–Crippen LogP) is 1.65. The third-order valence-electron chi connectivity index (χ3n) is 6.60. The van der Waals surface area contributed by atoms with Gasteiger partial charge in [0, 0.05) is 30.7 Å². The molecule has 2 aromatic carbocycles. The first-order chi connectivity index (χ1) is 15.4. The Morgan fingerprint density at radius 1 is 0.848 bits per heavy atom. The summed E-state index contributed by atoms with van der Waals surface area (Å²) in [6, 6.07) is 8.59. The van der Waals surface area contributed by atoms with Crippen LogP contribution in [0.1, 0.15) is 29.2 Å². The molecule has 0 unspecified atom stereocenters. The van der Waals surface area contributed by atoms with Gasteiger partial charge in [-0.2, -0.15) is 0 Å². The maximum atomic E-state index is 6.10. The number of quaternary nitrogens is 1. The molecule has 0 saturated heterocycles. The van der Waals surface area contributed by atoms with Crippen LogP contribution < -0.4 is 36.1 Å². The Morgan fingerprint density at radius 2 is 1.42 bits per heavy atom. The van der Waals surface area contributed by atoms with Crippen LogP contribution in [0.15, 0.2) is 24.3 Å². The van der Waals surface area contributed by atoms with E-state index in [4.69, 9.17) is 35.3 Å². The lowest BCUT2D eigenvalue weighted by atomic mass is 9.86. The average molecular weight is 500 g/mol. The van der Waals surface area contributed by atoms with Crippen molar-refractivity contribution < 1.29 is 40.6 Å². The number of methoxy groups -OCH3 is 5. The molecule has 33 heavy (non-hydrogen) atoms. The summed E-state index contributed by atoms with van der Waals surface area (Å²) in [6.07, 6.45) is 2.77. The Balaban J connectivity index is 0.00000385. The van der Waals surface area contributed by atoms with Crippen LogP contribution in [-0.4, -0.2) is 66.0 Å². The van der Waals surface area contributed by atoms with Crippen molar-refractivity contribution in [1.82, 2.24) is 0 Å². The Morgan fingerprint density at radius 3 is 1.94 bits per heavy atom. The number of hydrogen-bond donors (Lipinski definition) is 0. The van der Waals surface area contributed by atoms with E-state index in [1.165, 1.54) is 11.1 Å². The Kier molecular flexibility index (Phi) is 9.83. The van der Waals surface area contributed by atoms with E-state index in [2.05, 4.69) is 19.2 Å². The third-order valence-corrected chi connectivity index (χ3v) is 6.87. The van der Waals surface area contributed by atoms with E-state index >= 15 is 0 Å². The van der Waals surface area contributed by atoms with Gasteiger partial charge >= 0.3 is 0 Å². The molecule has 0 fully saturated rings. The van der Waals surface area contributed by atoms with Crippen LogP contribution in [-0.2, 0) is 12.8 Å². The number of fused-ring (bicyclic) bond motifs is 1. The second kappa shape index (κ2) is 11.9. The first kappa shape index (κ1) is 27.2. The van der Waals surface area contributed by atoms with Crippen molar-refractivity contribution in [1.29, 1.82) is 0 Å². The van der Waals surface area contributed by atoms with E-state index in [9.17, 15) is 0 Å². The van der Waals surface area contributed by atoms with Gasteiger partial charge < -0.3 is 40.6 Å². The molecule has 6 nitrogen and oxygen atoms in total. The standard InChI is InChI=1S/C25H35ClNO5.ClH/c1-27(10-7-9-26)11-8-18-15-21(28-2)22(29-3)16-19(18)20(27)12-17-13-23(30-4)25(32-6)24(14-17)31-5;/h13-16,20H,7-12H2,1-6H3;1H/q+1;/p-1/t20-,27-;/m1./s1. The molecule has 2 atom stereocenters. The second-order valence-corrected chi connectivity index (χ2v) is 8.76. The topological polar surface area (TPSA) is 46.2 Å². The van der Waals surface area contributed by atoms with Gasteiger partial charge in [0.2, 0.25) is 5.75 Å². The van der Waals surface area contributed by atoms with Gasteiger partial charge in [0.05, 0.1) is 55.7 Å². The van der Waals surface area contributed by atoms with E-state index in [0.717, 1.165) is 53.9 Å². The first-order valence-corrected chi connectivity index (χ1v) is 11.4. The fourth-order valence-corrected chi connectivity index (χ4v) is 4.95. The molecule has 1 heterocycles. The zero-order valence-electron chi connectivity index (χ0n) is 20.4. The highest BCUT2D eigenvalue weighted by Crippen LogP contribution is 2.44. The number of halogens is 2. The van der Waals surface area contributed by atoms with Crippen LogP contribution in [0.25, 0.3) is 0 Å². The molecule has 1 aliphatic rings. The molecule has 0 aromatic heterocycles. The van der Waals surface area contributed by atoms with Gasteiger partial charge in [0.1, 0.15) is 6.04 Å². The first-order valence-electron chi connectivity index (χ1n) is 10.9. The lowest BCUT2D eigenvalue weighted by Crippen LogP contribution is -3.00. The highest BCUT2D eigenvalue weighted by molar-refractivity contribution is 6.17. The van der Waals surface area contributed by atoms with Crippen LogP contribution in [0.3, 0.4) is 0 Å². The lowest BCUT2D eigenvalue weighted by molar-refractivity contribution is -0.941. The number of nitrogens with zero attached hydrogens (tertiary/aromatic N) is 1. The summed E-state index contributed by atoms with van der Waals surface area (Å²) >= 11 is 6.10. The largest absolute Gasteiger partial charge is 1.00 e. The highest BCUT2D eigenvalue weighted by Gasteiger charge is 2.39. The fraction of sp³-hybridized carbons (Fsp3) is 0.520. The quantitative estimate of drug-likeness (QED) is 0.367. The summed E-state index contributed by atoms with van der Waals surface area (Å²) in [6.45, 7) is 2.04. The van der Waals surface area contributed by atoms with Crippen molar-refractivity contribution >= 4 is 11.6 Å². The van der Waals surface area contributed by atoms with Crippen molar-refractivity contribution in [2.75, 3.05) is 61.6 Å². The number of likely N-dealkylation sites (N-methyl/N-ethyl adjacent to an activating group) is 1. The zero-order valence-corrected chi connectivity index (χ0v) is 21.9. The van der Waals surface area contributed by atoms with Crippen molar-refractivity contribution in [3.8, 4) is 28.7 Å². The second-order valence-electron chi connectivity index (χ2n) is 8.38. The van der Waals surface area contributed by atoms with Crippen LogP contribution in [0.2, 0.25) is 0 Å². The van der Waals surface area contributed by atoms with E-state index in [1.807, 2.05) is 12.1 Å². The minimum absolute atomic E-state index is 0. The minimum Gasteiger partial charge on any atom is -1.00 e. The molecule has 1 aliphatic heterocycles. The van der Waals surface area contributed by atoms with Crippen molar-refractivity contribution in [3.63, 3.8) is 0 Å². The van der Waals surface area contributed by atoms with Gasteiger partial charge in [-0.15, -0.1) is 11.6 Å². The number of hydrogen-bond acceptors (Lipinski definition) is 5. The average Bonchev–Trinajstić information content (AvgIpc) is 2.83. The Hall–Kier alpha value is -2.02. The van der Waals surface area contributed by atoms with Crippen LogP contribution in [0.5, 0.6) is 28.7 Å². The maximum Gasteiger partial charge on any atom is 0.203 e. The summed E-state index contributed by atoms with van der Waals surface area (Å²) in [4.78, 5) is 0. The predicted molar refractivity (Wildman–Crippen MR) is 127 cm³/mol. The Labute approximate surface area is 208 Å². The highest BCUT2D eigenvalue weighted by atomic mass is 35.5. The van der Waals surface area contributed by atoms with E-state index < -0.39 is 0 Å². The lowest BCUT2D eigenvalue weighted by Gasteiger charge is -2.46. The molecule has 8 heteroatoms. The SMILES string of the molecule is COc1cc2c(cc1OC)[C@@H](Cc1cc(OC)c(OC)c(OC)c1)[N@+](C)(CCCCl)CC2.[Cl-]. The van der Waals surface area contributed by atoms with Gasteiger partial charge in [0.15, 0.2) is 23.0 Å². The van der Waals surface area contributed by atoms with E-state index in [0.29, 0.717) is 23.1 Å². The van der Waals surface area contributed by atoms with Crippen molar-refractivity contribution in [2.24, 2.45) is 0 Å². The van der Waals surface area contributed by atoms with E-state index in [1.54, 1.807) is 35.5 Å². The summed E-state index contributed by atoms with van der Waals surface area (Å²) in [7, 11) is 10.6. The van der Waals surface area contributed by atoms with Gasteiger partial charge in [0.25, 0.3) is 0 Å². The Bertz CT molecular complexity index is 914. The van der Waals surface area contributed by atoms with Gasteiger partial charge in [-0.1, -0.05) is 0 Å². The van der Waals surface area contributed by atoms with Crippen LogP contribution in [0, 0.1) is 0 Å². The third kappa shape index (κ3) is 5.56. The molecule has 3 rings (SSSR count). The maximum absolute atomic E-state index is 6.10. The van der Waals surface area contributed by atoms with Crippen LogP contribution >= 0.6 is 11.6 Å². The minimum atomic E-state index is 0. The van der Waals surface area contributed by atoms with Crippen LogP contribution in [0.4, 0.5) is 0 Å². The monoisotopic (exact) mass is 499 g/mol. The number of rotatable bonds is 10. The molecule has 184 valence electrons. The summed E-state index contributed by atoms with van der Waals surface area (Å²) in [5, 5.41) is 0. The molecule has 0 spiro atoms. The summed E-state index contributed by atoms with van der Waals surface area (Å²) in [5.41, 5.74) is 3.73. The fourth-order valence-electron chi connectivity index (χ4n) is 4.83. The van der Waals surface area contributed by atoms with Crippen molar-refractivity contribution in [2.45, 2.75) is 25.3 Å². The normalized spacial score (nSPS) is 19.2. The molecule has 0 radical (unpaired) electrons. The molecule has 0 amide bonds. The molecule has 2 aromatic rings. The van der Waals surface area contributed by atoms with Gasteiger partial charge in [-0.3, -0.25) is 0 Å². The molecule has 0 aliphatic carbocycles. The molecule has 0 bridgehead atoms. The van der Waals surface area contributed by atoms with Gasteiger partial charge in [-0.05, 0) is 35.4 Å². The summed E-state index contributed by atoms with van der Waals surface area (Å²) in [5.74, 6) is 4.12. The zero-order chi connectivity index (χ0) is 23.3. The molecule has 0 N–H and O–H groups in total. The van der Waals surface area contributed by atoms with E-state index in [-0.39, 0.29) is 18.4 Å².